The van der Waals surface area contributed by atoms with E-state index in [9.17, 15) is 9.18 Å². The number of hydrogen-bond donors (Lipinski definition) is 2. The van der Waals surface area contributed by atoms with Crippen molar-refractivity contribution in [1.29, 1.82) is 0 Å². The molecule has 0 saturated heterocycles. The van der Waals surface area contributed by atoms with Crippen LogP contribution in [0.3, 0.4) is 0 Å². The summed E-state index contributed by atoms with van der Waals surface area (Å²) in [5.41, 5.74) is 8.10. The second-order valence-electron chi connectivity index (χ2n) is 5.07. The molecule has 0 bridgehead atoms. The number of rotatable bonds is 4. The molecule has 0 atom stereocenters. The molecule has 0 aliphatic rings. The number of ether oxygens (including phenoxy) is 1. The van der Waals surface area contributed by atoms with Crippen molar-refractivity contribution in [3.05, 3.63) is 60.7 Å². The summed E-state index contributed by atoms with van der Waals surface area (Å²) in [5, 5.41) is 2.66. The van der Waals surface area contributed by atoms with Crippen molar-refractivity contribution >= 4 is 17.3 Å². The topological polar surface area (TPSA) is 103 Å². The van der Waals surface area contributed by atoms with Gasteiger partial charge in [-0.25, -0.2) is 15.0 Å². The molecule has 126 valence electrons. The molecule has 2 heterocycles. The standard InChI is InChI=1S/C17H14FN5O2/c1-25-12-8-21-16(22-9-12)17(24)23-14-6-10(2-4-13(14)19)11-3-5-15(18)20-7-11/h2-9H,19H2,1H3,(H,23,24). The lowest BCUT2D eigenvalue weighted by Gasteiger charge is -2.10. The van der Waals surface area contributed by atoms with Crippen LogP contribution in [0.1, 0.15) is 10.6 Å². The molecule has 3 N–H and O–H groups in total. The van der Waals surface area contributed by atoms with Crippen molar-refractivity contribution in [2.45, 2.75) is 0 Å². The Balaban J connectivity index is 1.84. The Morgan fingerprint density at radius 2 is 1.80 bits per heavy atom. The number of methoxy groups -OCH3 is 1. The predicted octanol–water partition coefficient (Wildman–Crippen LogP) is 2.52. The number of nitrogens with zero attached hydrogens (tertiary/aromatic N) is 3. The number of amides is 1. The fraction of sp³-hybridized carbons (Fsp3) is 0.0588. The van der Waals surface area contributed by atoms with Crippen molar-refractivity contribution in [2.75, 3.05) is 18.2 Å². The van der Waals surface area contributed by atoms with Gasteiger partial charge in [-0.1, -0.05) is 6.07 Å². The highest BCUT2D eigenvalue weighted by molar-refractivity contribution is 6.03. The lowest BCUT2D eigenvalue weighted by Crippen LogP contribution is -2.16. The summed E-state index contributed by atoms with van der Waals surface area (Å²) in [6.45, 7) is 0. The number of halogens is 1. The van der Waals surface area contributed by atoms with Gasteiger partial charge in [0.2, 0.25) is 11.8 Å². The highest BCUT2D eigenvalue weighted by Crippen LogP contribution is 2.27. The normalized spacial score (nSPS) is 10.3. The molecular formula is C17H14FN5O2. The lowest BCUT2D eigenvalue weighted by molar-refractivity contribution is 0.101. The van der Waals surface area contributed by atoms with Crippen LogP contribution in [0.25, 0.3) is 11.1 Å². The van der Waals surface area contributed by atoms with Crippen molar-refractivity contribution in [3.8, 4) is 16.9 Å². The molecule has 1 amide bonds. The van der Waals surface area contributed by atoms with Gasteiger partial charge in [0.25, 0.3) is 5.91 Å². The first-order valence-corrected chi connectivity index (χ1v) is 7.25. The summed E-state index contributed by atoms with van der Waals surface area (Å²) in [7, 11) is 1.48. The summed E-state index contributed by atoms with van der Waals surface area (Å²) in [5.74, 6) is -0.649. The molecule has 8 heteroatoms. The first-order valence-electron chi connectivity index (χ1n) is 7.25. The Morgan fingerprint density at radius 3 is 2.44 bits per heavy atom. The van der Waals surface area contributed by atoms with E-state index in [0.29, 0.717) is 22.7 Å². The number of carbonyl (C=O) groups is 1. The smallest absolute Gasteiger partial charge is 0.293 e. The zero-order chi connectivity index (χ0) is 17.8. The number of aromatic nitrogens is 3. The summed E-state index contributed by atoms with van der Waals surface area (Å²) >= 11 is 0. The van der Waals surface area contributed by atoms with Crippen LogP contribution >= 0.6 is 0 Å². The molecule has 0 unspecified atom stereocenters. The summed E-state index contributed by atoms with van der Waals surface area (Å²) < 4.78 is 17.9. The quantitative estimate of drug-likeness (QED) is 0.559. The maximum atomic E-state index is 12.9. The SMILES string of the molecule is COc1cnc(C(=O)Nc2cc(-c3ccc(F)nc3)ccc2N)nc1. The molecule has 0 radical (unpaired) electrons. The van der Waals surface area contributed by atoms with Crippen LogP contribution in [0, 0.1) is 5.95 Å². The van der Waals surface area contributed by atoms with E-state index < -0.39 is 11.9 Å². The van der Waals surface area contributed by atoms with Crippen LogP contribution in [0.15, 0.2) is 48.9 Å². The van der Waals surface area contributed by atoms with Gasteiger partial charge in [-0.2, -0.15) is 4.39 Å². The second-order valence-corrected chi connectivity index (χ2v) is 5.07. The maximum Gasteiger partial charge on any atom is 0.293 e. The van der Waals surface area contributed by atoms with E-state index in [2.05, 4.69) is 20.3 Å². The van der Waals surface area contributed by atoms with Gasteiger partial charge in [-0.15, -0.1) is 0 Å². The van der Waals surface area contributed by atoms with Crippen molar-refractivity contribution in [1.82, 2.24) is 15.0 Å². The highest BCUT2D eigenvalue weighted by atomic mass is 19.1. The second kappa shape index (κ2) is 6.91. The summed E-state index contributed by atoms with van der Waals surface area (Å²) in [6.07, 6.45) is 4.19. The van der Waals surface area contributed by atoms with Gasteiger partial charge in [0.15, 0.2) is 5.75 Å². The Kier molecular flexibility index (Phi) is 4.51. The largest absolute Gasteiger partial charge is 0.494 e. The van der Waals surface area contributed by atoms with Crippen LogP contribution in [0.5, 0.6) is 5.75 Å². The fourth-order valence-electron chi connectivity index (χ4n) is 2.11. The average molecular weight is 339 g/mol. The molecule has 3 rings (SSSR count). The van der Waals surface area contributed by atoms with Gasteiger partial charge in [0, 0.05) is 11.8 Å². The van der Waals surface area contributed by atoms with Crippen LogP contribution in [-0.2, 0) is 0 Å². The van der Waals surface area contributed by atoms with Crippen LogP contribution < -0.4 is 15.8 Å². The van der Waals surface area contributed by atoms with Gasteiger partial charge < -0.3 is 15.8 Å². The molecule has 7 nitrogen and oxygen atoms in total. The number of carbonyl (C=O) groups excluding carboxylic acids is 1. The summed E-state index contributed by atoms with van der Waals surface area (Å²) in [4.78, 5) is 23.7. The molecule has 25 heavy (non-hydrogen) atoms. The Hall–Kier alpha value is -3.55. The molecule has 0 aliphatic heterocycles. The van der Waals surface area contributed by atoms with Crippen molar-refractivity contribution < 1.29 is 13.9 Å². The van der Waals surface area contributed by atoms with E-state index in [1.165, 1.54) is 31.8 Å². The van der Waals surface area contributed by atoms with Gasteiger partial charge in [-0.3, -0.25) is 4.79 Å². The molecule has 2 aromatic heterocycles. The van der Waals surface area contributed by atoms with Gasteiger partial charge in [0.05, 0.1) is 30.9 Å². The van der Waals surface area contributed by atoms with E-state index in [-0.39, 0.29) is 5.82 Å². The van der Waals surface area contributed by atoms with E-state index in [4.69, 9.17) is 10.5 Å². The molecule has 0 saturated carbocycles. The average Bonchev–Trinajstić information content (AvgIpc) is 2.64. The molecule has 1 aromatic carbocycles. The monoisotopic (exact) mass is 339 g/mol. The van der Waals surface area contributed by atoms with E-state index >= 15 is 0 Å². The van der Waals surface area contributed by atoms with E-state index in [1.807, 2.05) is 0 Å². The van der Waals surface area contributed by atoms with Gasteiger partial charge in [0.1, 0.15) is 0 Å². The zero-order valence-corrected chi connectivity index (χ0v) is 13.2. The summed E-state index contributed by atoms with van der Waals surface area (Å²) in [6, 6.07) is 7.92. The van der Waals surface area contributed by atoms with Gasteiger partial charge in [-0.05, 0) is 29.8 Å². The minimum atomic E-state index is -0.565. The van der Waals surface area contributed by atoms with Crippen LogP contribution in [0.2, 0.25) is 0 Å². The van der Waals surface area contributed by atoms with Crippen LogP contribution in [-0.4, -0.2) is 28.0 Å². The Bertz CT molecular complexity index is 898. The molecule has 3 aromatic rings. The first-order chi connectivity index (χ1) is 12.1. The third kappa shape index (κ3) is 3.69. The molecule has 0 spiro atoms. The number of nitrogens with one attached hydrogen (secondary N) is 1. The molecular weight excluding hydrogens is 325 g/mol. The zero-order valence-electron chi connectivity index (χ0n) is 13.2. The predicted molar refractivity (Wildman–Crippen MR) is 90.6 cm³/mol. The first kappa shape index (κ1) is 16.3. The minimum absolute atomic E-state index is 0.0194. The van der Waals surface area contributed by atoms with E-state index in [1.54, 1.807) is 24.3 Å². The van der Waals surface area contributed by atoms with Crippen molar-refractivity contribution in [2.24, 2.45) is 0 Å². The Labute approximate surface area is 142 Å². The number of pyridine rings is 1. The molecule has 0 fully saturated rings. The minimum Gasteiger partial charge on any atom is -0.494 e. The lowest BCUT2D eigenvalue weighted by atomic mass is 10.1. The van der Waals surface area contributed by atoms with E-state index in [0.717, 1.165) is 5.56 Å². The van der Waals surface area contributed by atoms with Gasteiger partial charge >= 0.3 is 0 Å². The maximum absolute atomic E-state index is 12.9. The number of nitrogen functional groups attached to an aromatic ring is 1. The van der Waals surface area contributed by atoms with Crippen LogP contribution in [0.4, 0.5) is 15.8 Å². The fourth-order valence-corrected chi connectivity index (χ4v) is 2.11. The van der Waals surface area contributed by atoms with Crippen molar-refractivity contribution in [3.63, 3.8) is 0 Å². The molecule has 0 aliphatic carbocycles. The number of anilines is 2. The Morgan fingerprint density at radius 1 is 1.08 bits per heavy atom. The third-order valence-corrected chi connectivity index (χ3v) is 3.43. The number of nitrogens with two attached hydrogens (primary N) is 1. The third-order valence-electron chi connectivity index (χ3n) is 3.43. The number of hydrogen-bond acceptors (Lipinski definition) is 6. The number of benzene rings is 1. The highest BCUT2D eigenvalue weighted by Gasteiger charge is 2.12.